The second-order valence-corrected chi connectivity index (χ2v) is 7.23. The van der Waals surface area contributed by atoms with Gasteiger partial charge in [0.2, 0.25) is 10.0 Å². The highest BCUT2D eigenvalue weighted by Crippen LogP contribution is 2.19. The molecule has 0 radical (unpaired) electrons. The molecule has 0 aliphatic heterocycles. The van der Waals surface area contributed by atoms with Crippen molar-refractivity contribution in [2.24, 2.45) is 5.41 Å². The van der Waals surface area contributed by atoms with Gasteiger partial charge in [-0.2, -0.15) is 0 Å². The van der Waals surface area contributed by atoms with Crippen LogP contribution in [0.4, 0.5) is 0 Å². The smallest absolute Gasteiger partial charge is 0.240 e. The monoisotopic (exact) mass is 285 g/mol. The Morgan fingerprint density at radius 1 is 1.21 bits per heavy atom. The SMILES string of the molecule is CCc1ccc(S(=O)(=O)NCC(C)(C)CCO)cc1. The van der Waals surface area contributed by atoms with Crippen LogP contribution in [-0.4, -0.2) is 26.7 Å². The molecule has 4 nitrogen and oxygen atoms in total. The molecule has 0 spiro atoms. The molecule has 0 fully saturated rings. The molecule has 108 valence electrons. The highest BCUT2D eigenvalue weighted by atomic mass is 32.2. The Morgan fingerprint density at radius 3 is 2.26 bits per heavy atom. The minimum Gasteiger partial charge on any atom is -0.396 e. The van der Waals surface area contributed by atoms with Crippen LogP contribution < -0.4 is 4.72 Å². The molecule has 5 heteroatoms. The third-order valence-electron chi connectivity index (χ3n) is 3.17. The van der Waals surface area contributed by atoms with Crippen LogP contribution in [0.1, 0.15) is 32.8 Å². The molecule has 19 heavy (non-hydrogen) atoms. The molecule has 0 saturated carbocycles. The summed E-state index contributed by atoms with van der Waals surface area (Å²) in [6, 6.07) is 6.90. The molecule has 0 aromatic heterocycles. The van der Waals surface area contributed by atoms with Gasteiger partial charge in [-0.25, -0.2) is 13.1 Å². The van der Waals surface area contributed by atoms with E-state index in [1.807, 2.05) is 32.9 Å². The molecule has 1 aromatic carbocycles. The van der Waals surface area contributed by atoms with E-state index < -0.39 is 10.0 Å². The molecule has 0 bridgehead atoms. The predicted molar refractivity (Wildman–Crippen MR) is 76.5 cm³/mol. The van der Waals surface area contributed by atoms with Crippen molar-refractivity contribution < 1.29 is 13.5 Å². The molecule has 0 aliphatic rings. The van der Waals surface area contributed by atoms with Crippen LogP contribution in [0.5, 0.6) is 0 Å². The van der Waals surface area contributed by atoms with Gasteiger partial charge in [-0.15, -0.1) is 0 Å². The van der Waals surface area contributed by atoms with E-state index in [1.165, 1.54) is 0 Å². The Labute approximate surface area is 115 Å². The fourth-order valence-electron chi connectivity index (χ4n) is 1.67. The summed E-state index contributed by atoms with van der Waals surface area (Å²) in [5, 5.41) is 8.93. The number of hydrogen-bond donors (Lipinski definition) is 2. The van der Waals surface area contributed by atoms with Crippen molar-refractivity contribution in [2.75, 3.05) is 13.2 Å². The van der Waals surface area contributed by atoms with Crippen molar-refractivity contribution in [2.45, 2.75) is 38.5 Å². The van der Waals surface area contributed by atoms with E-state index >= 15 is 0 Å². The molecule has 1 rings (SSSR count). The summed E-state index contributed by atoms with van der Waals surface area (Å²) < 4.78 is 26.8. The van der Waals surface area contributed by atoms with Crippen molar-refractivity contribution in [3.63, 3.8) is 0 Å². The number of sulfonamides is 1. The largest absolute Gasteiger partial charge is 0.396 e. The number of nitrogens with one attached hydrogen (secondary N) is 1. The van der Waals surface area contributed by atoms with Crippen LogP contribution in [0.15, 0.2) is 29.2 Å². The lowest BCUT2D eigenvalue weighted by Gasteiger charge is -2.23. The summed E-state index contributed by atoms with van der Waals surface area (Å²) in [6.45, 7) is 6.24. The minimum atomic E-state index is -3.47. The average molecular weight is 285 g/mol. The average Bonchev–Trinajstić information content (AvgIpc) is 2.37. The van der Waals surface area contributed by atoms with Crippen LogP contribution in [0.3, 0.4) is 0 Å². The summed E-state index contributed by atoms with van der Waals surface area (Å²) in [5.41, 5.74) is 0.852. The second-order valence-electron chi connectivity index (χ2n) is 5.46. The topological polar surface area (TPSA) is 66.4 Å². The first kappa shape index (κ1) is 16.1. The van der Waals surface area contributed by atoms with E-state index in [4.69, 9.17) is 5.11 Å². The Morgan fingerprint density at radius 2 is 1.79 bits per heavy atom. The van der Waals surface area contributed by atoms with Crippen molar-refractivity contribution in [3.05, 3.63) is 29.8 Å². The molecule has 0 aliphatic carbocycles. The first-order chi connectivity index (χ1) is 8.80. The number of aliphatic hydroxyl groups excluding tert-OH is 1. The van der Waals surface area contributed by atoms with E-state index in [9.17, 15) is 8.42 Å². The van der Waals surface area contributed by atoms with E-state index in [1.54, 1.807) is 12.1 Å². The molecule has 0 unspecified atom stereocenters. The third kappa shape index (κ3) is 4.93. The lowest BCUT2D eigenvalue weighted by Crippen LogP contribution is -2.34. The molecule has 0 saturated heterocycles. The fourth-order valence-corrected chi connectivity index (χ4v) is 2.91. The number of aryl methyl sites for hydroxylation is 1. The van der Waals surface area contributed by atoms with Gasteiger partial charge in [0.05, 0.1) is 4.90 Å². The van der Waals surface area contributed by atoms with Gasteiger partial charge in [0, 0.05) is 13.2 Å². The lowest BCUT2D eigenvalue weighted by atomic mass is 9.90. The number of hydrogen-bond acceptors (Lipinski definition) is 3. The van der Waals surface area contributed by atoms with Crippen molar-refractivity contribution in [1.29, 1.82) is 0 Å². The third-order valence-corrected chi connectivity index (χ3v) is 4.59. The zero-order valence-corrected chi connectivity index (χ0v) is 12.6. The first-order valence-corrected chi connectivity index (χ1v) is 7.98. The molecule has 0 atom stereocenters. The number of rotatable bonds is 7. The van der Waals surface area contributed by atoms with Gasteiger partial charge in [0.25, 0.3) is 0 Å². The Bertz CT molecular complexity index is 492. The zero-order valence-electron chi connectivity index (χ0n) is 11.8. The highest BCUT2D eigenvalue weighted by Gasteiger charge is 2.21. The highest BCUT2D eigenvalue weighted by molar-refractivity contribution is 7.89. The van der Waals surface area contributed by atoms with Gasteiger partial charge >= 0.3 is 0 Å². The molecular weight excluding hydrogens is 262 g/mol. The van der Waals surface area contributed by atoms with E-state index in [0.717, 1.165) is 12.0 Å². The number of benzene rings is 1. The molecule has 2 N–H and O–H groups in total. The summed E-state index contributed by atoms with van der Waals surface area (Å²) in [5.74, 6) is 0. The molecule has 0 heterocycles. The molecular formula is C14H23NO3S. The van der Waals surface area contributed by atoms with E-state index in [2.05, 4.69) is 4.72 Å². The quantitative estimate of drug-likeness (QED) is 0.804. The summed E-state index contributed by atoms with van der Waals surface area (Å²) >= 11 is 0. The lowest BCUT2D eigenvalue weighted by molar-refractivity contribution is 0.213. The van der Waals surface area contributed by atoms with Crippen LogP contribution in [0.25, 0.3) is 0 Å². The van der Waals surface area contributed by atoms with Gasteiger partial charge in [0.1, 0.15) is 0 Å². The normalized spacial score (nSPS) is 12.6. The Kier molecular flexibility index (Phi) is 5.52. The maximum Gasteiger partial charge on any atom is 0.240 e. The first-order valence-electron chi connectivity index (χ1n) is 6.50. The van der Waals surface area contributed by atoms with Crippen LogP contribution in [0, 0.1) is 5.41 Å². The van der Waals surface area contributed by atoms with E-state index in [0.29, 0.717) is 13.0 Å². The predicted octanol–water partition coefficient (Wildman–Crippen LogP) is 1.94. The standard InChI is InChI=1S/C14H23NO3S/c1-4-12-5-7-13(8-6-12)19(17,18)15-11-14(2,3)9-10-16/h5-8,15-16H,4,9-11H2,1-3H3. The van der Waals surface area contributed by atoms with Crippen LogP contribution in [-0.2, 0) is 16.4 Å². The van der Waals surface area contributed by atoms with Gasteiger partial charge in [-0.1, -0.05) is 32.9 Å². The Balaban J connectivity index is 2.75. The van der Waals surface area contributed by atoms with Crippen LogP contribution >= 0.6 is 0 Å². The summed E-state index contributed by atoms with van der Waals surface area (Å²) in [7, 11) is -3.47. The van der Waals surface area contributed by atoms with Crippen LogP contribution in [0.2, 0.25) is 0 Å². The molecule has 0 amide bonds. The van der Waals surface area contributed by atoms with E-state index in [-0.39, 0.29) is 16.9 Å². The Hall–Kier alpha value is -0.910. The fraction of sp³-hybridized carbons (Fsp3) is 0.571. The van der Waals surface area contributed by atoms with Crippen molar-refractivity contribution in [3.8, 4) is 0 Å². The second kappa shape index (κ2) is 6.50. The van der Waals surface area contributed by atoms with Gasteiger partial charge in [-0.05, 0) is 36.0 Å². The maximum atomic E-state index is 12.1. The van der Waals surface area contributed by atoms with Crippen molar-refractivity contribution >= 4 is 10.0 Å². The van der Waals surface area contributed by atoms with Gasteiger partial charge in [0.15, 0.2) is 0 Å². The summed E-state index contributed by atoms with van der Waals surface area (Å²) in [4.78, 5) is 0.282. The zero-order chi connectivity index (χ0) is 14.5. The van der Waals surface area contributed by atoms with Crippen molar-refractivity contribution in [1.82, 2.24) is 4.72 Å². The number of aliphatic hydroxyl groups is 1. The van der Waals surface area contributed by atoms with Gasteiger partial charge < -0.3 is 5.11 Å². The minimum absolute atomic E-state index is 0.0555. The summed E-state index contributed by atoms with van der Waals surface area (Å²) in [6.07, 6.45) is 1.45. The molecule has 1 aromatic rings. The maximum absolute atomic E-state index is 12.1. The van der Waals surface area contributed by atoms with Gasteiger partial charge in [-0.3, -0.25) is 0 Å².